The molecule has 11 heteroatoms. The van der Waals surface area contributed by atoms with Gasteiger partial charge in [0.05, 0.1) is 18.2 Å². The third-order valence-corrected chi connectivity index (χ3v) is 7.46. The SMILES string of the molecule is CN(C(=O)c1c(C=O)cccc1NCc1ccc(CC(=O)NC(c2cccnc2)c2ccco2)cc1)C1CCC(=O)NC1=O. The van der Waals surface area contributed by atoms with Crippen LogP contribution in [0.3, 0.4) is 0 Å². The number of nitrogens with one attached hydrogen (secondary N) is 3. The monoisotopic (exact) mass is 593 g/mol. The summed E-state index contributed by atoms with van der Waals surface area (Å²) in [6, 6.07) is 18.3. The minimum absolute atomic E-state index is 0.126. The molecule has 3 heterocycles. The molecule has 2 aromatic carbocycles. The van der Waals surface area contributed by atoms with Crippen molar-refractivity contribution >= 4 is 35.6 Å². The van der Waals surface area contributed by atoms with Crippen molar-refractivity contribution in [1.82, 2.24) is 20.5 Å². The van der Waals surface area contributed by atoms with E-state index in [1.165, 1.54) is 18.0 Å². The Labute approximate surface area is 253 Å². The zero-order valence-corrected chi connectivity index (χ0v) is 24.0. The third kappa shape index (κ3) is 6.89. The van der Waals surface area contributed by atoms with Crippen molar-refractivity contribution in [2.24, 2.45) is 0 Å². The molecule has 2 atom stereocenters. The summed E-state index contributed by atoms with van der Waals surface area (Å²) < 4.78 is 5.55. The third-order valence-electron chi connectivity index (χ3n) is 7.46. The van der Waals surface area contributed by atoms with Crippen LogP contribution < -0.4 is 16.0 Å². The predicted octanol–water partition coefficient (Wildman–Crippen LogP) is 3.42. The molecule has 1 aliphatic heterocycles. The lowest BCUT2D eigenvalue weighted by Crippen LogP contribution is -2.53. The summed E-state index contributed by atoms with van der Waals surface area (Å²) in [5, 5.41) is 8.50. The molecule has 2 unspecified atom stereocenters. The van der Waals surface area contributed by atoms with Crippen LogP contribution in [0.4, 0.5) is 5.69 Å². The Kier molecular flexibility index (Phi) is 9.24. The maximum absolute atomic E-state index is 13.5. The number of likely N-dealkylation sites (N-methyl/N-ethyl adjacent to an activating group) is 1. The highest BCUT2D eigenvalue weighted by Gasteiger charge is 2.34. The van der Waals surface area contributed by atoms with E-state index in [-0.39, 0.29) is 42.2 Å². The lowest BCUT2D eigenvalue weighted by atomic mass is 10.0. The number of rotatable bonds is 11. The number of benzene rings is 2. The molecule has 0 radical (unpaired) electrons. The zero-order chi connectivity index (χ0) is 31.1. The molecule has 5 rings (SSSR count). The molecule has 44 heavy (non-hydrogen) atoms. The Morgan fingerprint density at radius 2 is 1.86 bits per heavy atom. The molecule has 2 aromatic heterocycles. The van der Waals surface area contributed by atoms with E-state index in [1.54, 1.807) is 49.0 Å². The van der Waals surface area contributed by atoms with Gasteiger partial charge in [-0.3, -0.25) is 34.3 Å². The maximum atomic E-state index is 13.5. The van der Waals surface area contributed by atoms with Crippen LogP contribution >= 0.6 is 0 Å². The van der Waals surface area contributed by atoms with E-state index in [1.807, 2.05) is 30.3 Å². The van der Waals surface area contributed by atoms with Crippen LogP contribution in [0.2, 0.25) is 0 Å². The number of hydrogen-bond donors (Lipinski definition) is 3. The summed E-state index contributed by atoms with van der Waals surface area (Å²) in [6.45, 7) is 0.332. The predicted molar refractivity (Wildman–Crippen MR) is 160 cm³/mol. The number of imide groups is 1. The highest BCUT2D eigenvalue weighted by molar-refractivity contribution is 6.08. The molecule has 4 aromatic rings. The second-order valence-electron chi connectivity index (χ2n) is 10.4. The largest absolute Gasteiger partial charge is 0.467 e. The van der Waals surface area contributed by atoms with Crippen LogP contribution in [-0.2, 0) is 27.3 Å². The molecule has 3 N–H and O–H groups in total. The summed E-state index contributed by atoms with van der Waals surface area (Å²) in [6.07, 6.45) is 5.99. The molecular formula is C33H31N5O6. The van der Waals surface area contributed by atoms with Crippen LogP contribution in [0, 0.1) is 0 Å². The number of carbonyl (C=O) groups excluding carboxylic acids is 5. The fraction of sp³-hybridized carbons (Fsp3) is 0.212. The number of nitrogens with zero attached hydrogens (tertiary/aromatic N) is 2. The first-order valence-corrected chi connectivity index (χ1v) is 14.1. The number of anilines is 1. The summed E-state index contributed by atoms with van der Waals surface area (Å²) in [4.78, 5) is 67.6. The minimum Gasteiger partial charge on any atom is -0.467 e. The summed E-state index contributed by atoms with van der Waals surface area (Å²) in [5.74, 6) is -1.01. The van der Waals surface area contributed by atoms with Crippen molar-refractivity contribution in [2.45, 2.75) is 37.9 Å². The standard InChI is InChI=1S/C33H31N5O6/c1-38(26-13-14-28(40)37-32(26)42)33(43)30-24(20-39)5-2-7-25(30)35-18-22-11-9-21(10-12-22)17-29(41)36-31(27-8-4-16-44-27)23-6-3-15-34-19-23/h2-12,15-16,19-20,26,31,35H,13-14,17-18H2,1H3,(H,36,41)(H,37,40,42). The first-order chi connectivity index (χ1) is 21.3. The molecule has 0 aliphatic carbocycles. The molecular weight excluding hydrogens is 562 g/mol. The van der Waals surface area contributed by atoms with E-state index >= 15 is 0 Å². The van der Waals surface area contributed by atoms with E-state index in [9.17, 15) is 24.0 Å². The van der Waals surface area contributed by atoms with Crippen LogP contribution in [0.5, 0.6) is 0 Å². The van der Waals surface area contributed by atoms with E-state index in [2.05, 4.69) is 20.9 Å². The lowest BCUT2D eigenvalue weighted by Gasteiger charge is -2.30. The maximum Gasteiger partial charge on any atom is 0.257 e. The number of furan rings is 1. The highest BCUT2D eigenvalue weighted by Crippen LogP contribution is 2.25. The van der Waals surface area contributed by atoms with Gasteiger partial charge in [0.2, 0.25) is 17.7 Å². The number of piperidine rings is 1. The second-order valence-corrected chi connectivity index (χ2v) is 10.4. The summed E-state index contributed by atoms with van der Waals surface area (Å²) >= 11 is 0. The number of carbonyl (C=O) groups is 5. The summed E-state index contributed by atoms with van der Waals surface area (Å²) in [5.41, 5.74) is 3.24. The smallest absolute Gasteiger partial charge is 0.257 e. The molecule has 4 amide bonds. The minimum atomic E-state index is -0.823. The Bertz CT molecular complexity index is 1650. The van der Waals surface area contributed by atoms with Gasteiger partial charge in [-0.1, -0.05) is 42.5 Å². The first-order valence-electron chi connectivity index (χ1n) is 14.1. The topological polar surface area (TPSA) is 151 Å². The lowest BCUT2D eigenvalue weighted by molar-refractivity contribution is -0.136. The summed E-state index contributed by atoms with van der Waals surface area (Å²) in [7, 11) is 1.48. The van der Waals surface area contributed by atoms with Gasteiger partial charge >= 0.3 is 0 Å². The molecule has 0 bridgehead atoms. The molecule has 11 nitrogen and oxygen atoms in total. The van der Waals surface area contributed by atoms with Crippen LogP contribution in [0.1, 0.15) is 62.1 Å². The molecule has 1 aliphatic rings. The normalized spacial score (nSPS) is 15.2. The van der Waals surface area contributed by atoms with Crippen molar-refractivity contribution in [1.29, 1.82) is 0 Å². The van der Waals surface area contributed by atoms with Crippen LogP contribution in [0.25, 0.3) is 0 Å². The number of aromatic nitrogens is 1. The van der Waals surface area contributed by atoms with Crippen molar-refractivity contribution in [2.75, 3.05) is 12.4 Å². The van der Waals surface area contributed by atoms with Gasteiger partial charge in [0.25, 0.3) is 5.91 Å². The Morgan fingerprint density at radius 1 is 1.07 bits per heavy atom. The van der Waals surface area contributed by atoms with E-state index in [4.69, 9.17) is 4.42 Å². The Hall–Kier alpha value is -5.58. The van der Waals surface area contributed by atoms with Gasteiger partial charge in [-0.05, 0) is 41.8 Å². The van der Waals surface area contributed by atoms with Gasteiger partial charge in [0, 0.05) is 49.2 Å². The quantitative estimate of drug-likeness (QED) is 0.177. The number of pyridine rings is 1. The van der Waals surface area contributed by atoms with Gasteiger partial charge in [-0.2, -0.15) is 0 Å². The number of amides is 4. The van der Waals surface area contributed by atoms with Gasteiger partial charge < -0.3 is 20.0 Å². The Balaban J connectivity index is 1.24. The van der Waals surface area contributed by atoms with Crippen molar-refractivity contribution in [3.8, 4) is 0 Å². The fourth-order valence-electron chi connectivity index (χ4n) is 5.11. The number of hydrogen-bond acceptors (Lipinski definition) is 8. The van der Waals surface area contributed by atoms with Gasteiger partial charge in [0.15, 0.2) is 6.29 Å². The Morgan fingerprint density at radius 3 is 2.55 bits per heavy atom. The van der Waals surface area contributed by atoms with E-state index in [0.29, 0.717) is 24.3 Å². The van der Waals surface area contributed by atoms with Crippen LogP contribution in [0.15, 0.2) is 89.8 Å². The van der Waals surface area contributed by atoms with Gasteiger partial charge in [-0.15, -0.1) is 0 Å². The van der Waals surface area contributed by atoms with Crippen molar-refractivity contribution < 1.29 is 28.4 Å². The average Bonchev–Trinajstić information content (AvgIpc) is 3.58. The molecule has 1 saturated heterocycles. The zero-order valence-electron chi connectivity index (χ0n) is 24.0. The highest BCUT2D eigenvalue weighted by atomic mass is 16.3. The molecule has 0 saturated carbocycles. The van der Waals surface area contributed by atoms with E-state index < -0.39 is 23.9 Å². The average molecular weight is 594 g/mol. The second kappa shape index (κ2) is 13.6. The number of aldehydes is 1. The molecule has 1 fully saturated rings. The first kappa shape index (κ1) is 29.9. The van der Waals surface area contributed by atoms with E-state index in [0.717, 1.165) is 16.7 Å². The van der Waals surface area contributed by atoms with Gasteiger partial charge in [0.1, 0.15) is 17.8 Å². The van der Waals surface area contributed by atoms with Gasteiger partial charge in [-0.25, -0.2) is 0 Å². The molecule has 0 spiro atoms. The fourth-order valence-corrected chi connectivity index (χ4v) is 5.11. The van der Waals surface area contributed by atoms with Crippen molar-refractivity contribution in [3.05, 3.63) is 119 Å². The van der Waals surface area contributed by atoms with Crippen molar-refractivity contribution in [3.63, 3.8) is 0 Å². The molecule has 224 valence electrons. The van der Waals surface area contributed by atoms with Crippen LogP contribution in [-0.4, -0.2) is 52.9 Å².